The van der Waals surface area contributed by atoms with E-state index in [1.165, 1.54) is 6.07 Å². The van der Waals surface area contributed by atoms with E-state index in [1.807, 2.05) is 0 Å². The molecule has 84 valence electrons. The van der Waals surface area contributed by atoms with Crippen molar-refractivity contribution in [3.8, 4) is 0 Å². The van der Waals surface area contributed by atoms with Gasteiger partial charge in [0.25, 0.3) is 0 Å². The number of methoxy groups -OCH3 is 1. The molecule has 0 amide bonds. The molecular weight excluding hydrogens is 238 g/mol. The molecule has 0 unspecified atom stereocenters. The number of halogens is 3. The van der Waals surface area contributed by atoms with Crippen LogP contribution in [0.15, 0.2) is 24.3 Å². The van der Waals surface area contributed by atoms with Crippen molar-refractivity contribution in [2.45, 2.75) is 5.41 Å². The molecule has 0 heterocycles. The van der Waals surface area contributed by atoms with Crippen LogP contribution in [0.25, 0.3) is 0 Å². The zero-order valence-electron chi connectivity index (χ0n) is 8.47. The van der Waals surface area contributed by atoms with Gasteiger partial charge in [-0.1, -0.05) is 18.2 Å². The van der Waals surface area contributed by atoms with E-state index in [0.29, 0.717) is 12.2 Å². The van der Waals surface area contributed by atoms with Crippen molar-refractivity contribution in [1.82, 2.24) is 0 Å². The fourth-order valence-electron chi connectivity index (χ4n) is 1.50. The van der Waals surface area contributed by atoms with Crippen LogP contribution in [0.3, 0.4) is 0 Å². The van der Waals surface area contributed by atoms with Gasteiger partial charge in [0.1, 0.15) is 5.82 Å². The number of hydrogen-bond acceptors (Lipinski definition) is 1. The lowest BCUT2D eigenvalue weighted by Gasteiger charge is -2.29. The molecule has 0 saturated carbocycles. The predicted molar refractivity (Wildman–Crippen MR) is 61.4 cm³/mol. The lowest BCUT2D eigenvalue weighted by atomic mass is 9.84. The van der Waals surface area contributed by atoms with Gasteiger partial charge in [-0.2, -0.15) is 0 Å². The third-order valence-electron chi connectivity index (χ3n) is 2.38. The number of ether oxygens (including phenoxy) is 1. The Bertz CT molecular complexity index is 313. The number of rotatable bonds is 5. The van der Waals surface area contributed by atoms with Crippen LogP contribution in [0.1, 0.15) is 5.56 Å². The molecule has 0 radical (unpaired) electrons. The van der Waals surface area contributed by atoms with E-state index in [4.69, 9.17) is 27.9 Å². The second-order valence-electron chi connectivity index (χ2n) is 3.46. The molecule has 0 bridgehead atoms. The van der Waals surface area contributed by atoms with Crippen molar-refractivity contribution >= 4 is 23.2 Å². The lowest BCUT2D eigenvalue weighted by molar-refractivity contribution is 0.147. The Morgan fingerprint density at radius 3 is 2.33 bits per heavy atom. The molecule has 0 aliphatic heterocycles. The van der Waals surface area contributed by atoms with Gasteiger partial charge >= 0.3 is 0 Å². The van der Waals surface area contributed by atoms with Crippen LogP contribution in [0.4, 0.5) is 4.39 Å². The molecule has 0 aliphatic rings. The van der Waals surface area contributed by atoms with Gasteiger partial charge in [-0.25, -0.2) is 4.39 Å². The van der Waals surface area contributed by atoms with Gasteiger partial charge in [-0.15, -0.1) is 23.2 Å². The molecule has 1 aromatic carbocycles. The highest BCUT2D eigenvalue weighted by Gasteiger charge is 2.33. The Morgan fingerprint density at radius 2 is 1.87 bits per heavy atom. The average molecular weight is 251 g/mol. The highest BCUT2D eigenvalue weighted by Crippen LogP contribution is 2.29. The Balaban J connectivity index is 3.13. The van der Waals surface area contributed by atoms with E-state index in [2.05, 4.69) is 0 Å². The first-order chi connectivity index (χ1) is 7.20. The van der Waals surface area contributed by atoms with Crippen molar-refractivity contribution in [2.24, 2.45) is 0 Å². The van der Waals surface area contributed by atoms with Crippen molar-refractivity contribution < 1.29 is 9.13 Å². The maximum Gasteiger partial charge on any atom is 0.127 e. The summed E-state index contributed by atoms with van der Waals surface area (Å²) >= 11 is 11.8. The zero-order chi connectivity index (χ0) is 11.3. The van der Waals surface area contributed by atoms with Crippen molar-refractivity contribution in [2.75, 3.05) is 25.5 Å². The summed E-state index contributed by atoms with van der Waals surface area (Å²) in [5, 5.41) is 0. The van der Waals surface area contributed by atoms with E-state index in [-0.39, 0.29) is 17.6 Å². The summed E-state index contributed by atoms with van der Waals surface area (Å²) in [5.41, 5.74) is -0.139. The monoisotopic (exact) mass is 250 g/mol. The molecule has 4 heteroatoms. The van der Waals surface area contributed by atoms with Gasteiger partial charge in [0, 0.05) is 24.3 Å². The van der Waals surface area contributed by atoms with Crippen molar-refractivity contribution in [3.63, 3.8) is 0 Å². The topological polar surface area (TPSA) is 9.23 Å². The molecule has 0 saturated heterocycles. The zero-order valence-corrected chi connectivity index (χ0v) is 9.98. The quantitative estimate of drug-likeness (QED) is 0.730. The maximum absolute atomic E-state index is 13.6. The molecule has 0 fully saturated rings. The van der Waals surface area contributed by atoms with Crippen LogP contribution in [-0.2, 0) is 10.2 Å². The Labute approximate surface area is 99.1 Å². The molecular formula is C11H13Cl2FO. The smallest absolute Gasteiger partial charge is 0.127 e. The van der Waals surface area contributed by atoms with Gasteiger partial charge in [-0.05, 0) is 11.6 Å². The van der Waals surface area contributed by atoms with E-state index >= 15 is 0 Å². The molecule has 1 nitrogen and oxygen atoms in total. The molecule has 1 rings (SSSR count). The summed E-state index contributed by atoms with van der Waals surface area (Å²) in [6, 6.07) is 6.50. The van der Waals surface area contributed by atoms with Gasteiger partial charge in [0.15, 0.2) is 0 Å². The molecule has 1 aromatic rings. The van der Waals surface area contributed by atoms with Crippen LogP contribution in [0.5, 0.6) is 0 Å². The summed E-state index contributed by atoms with van der Waals surface area (Å²) in [6.45, 7) is 0.306. The van der Waals surface area contributed by atoms with Crippen molar-refractivity contribution in [1.29, 1.82) is 0 Å². The molecule has 0 N–H and O–H groups in total. The van der Waals surface area contributed by atoms with E-state index in [0.717, 1.165) is 0 Å². The fourth-order valence-corrected chi connectivity index (χ4v) is 2.23. The Hall–Kier alpha value is -0.310. The average Bonchev–Trinajstić information content (AvgIpc) is 2.27. The summed E-state index contributed by atoms with van der Waals surface area (Å²) in [4.78, 5) is 0. The largest absolute Gasteiger partial charge is 0.384 e. The Kier molecular flexibility index (Phi) is 4.84. The first-order valence-electron chi connectivity index (χ1n) is 4.56. The molecule has 0 spiro atoms. The standard InChI is InChI=1S/C11H13Cl2FO/c1-15-8-11(6-12,7-13)9-4-2-3-5-10(9)14/h2-5H,6-8H2,1H3. The minimum Gasteiger partial charge on any atom is -0.384 e. The van der Waals surface area contributed by atoms with Gasteiger partial charge in [0.2, 0.25) is 0 Å². The van der Waals surface area contributed by atoms with Gasteiger partial charge in [-0.3, -0.25) is 0 Å². The number of alkyl halides is 2. The third-order valence-corrected chi connectivity index (χ3v) is 3.40. The maximum atomic E-state index is 13.6. The summed E-state index contributed by atoms with van der Waals surface area (Å²) in [5.74, 6) is 0.159. The van der Waals surface area contributed by atoms with Crippen molar-refractivity contribution in [3.05, 3.63) is 35.6 Å². The first-order valence-corrected chi connectivity index (χ1v) is 5.63. The summed E-state index contributed by atoms with van der Waals surface area (Å²) in [7, 11) is 1.55. The number of benzene rings is 1. The highest BCUT2D eigenvalue weighted by atomic mass is 35.5. The van der Waals surface area contributed by atoms with E-state index < -0.39 is 5.41 Å². The van der Waals surface area contributed by atoms with Crippen LogP contribution in [0, 0.1) is 5.82 Å². The third kappa shape index (κ3) is 2.63. The minimum absolute atomic E-state index is 0.227. The van der Waals surface area contributed by atoms with E-state index in [9.17, 15) is 4.39 Å². The molecule has 0 aromatic heterocycles. The summed E-state index contributed by atoms with van der Waals surface area (Å²) in [6.07, 6.45) is 0. The second kappa shape index (κ2) is 5.69. The minimum atomic E-state index is -0.650. The number of hydrogen-bond donors (Lipinski definition) is 0. The highest BCUT2D eigenvalue weighted by molar-refractivity contribution is 6.22. The van der Waals surface area contributed by atoms with E-state index in [1.54, 1.807) is 25.3 Å². The Morgan fingerprint density at radius 1 is 1.27 bits per heavy atom. The van der Waals surface area contributed by atoms with Crippen LogP contribution >= 0.6 is 23.2 Å². The van der Waals surface area contributed by atoms with Crippen LogP contribution in [-0.4, -0.2) is 25.5 Å². The van der Waals surface area contributed by atoms with Crippen LogP contribution in [0.2, 0.25) is 0 Å². The SMILES string of the molecule is COCC(CCl)(CCl)c1ccccc1F. The fraction of sp³-hybridized carbons (Fsp3) is 0.455. The van der Waals surface area contributed by atoms with Gasteiger partial charge in [0.05, 0.1) is 6.61 Å². The van der Waals surface area contributed by atoms with Crippen LogP contribution < -0.4 is 0 Å². The predicted octanol–water partition coefficient (Wildman–Crippen LogP) is 3.19. The first kappa shape index (κ1) is 12.8. The van der Waals surface area contributed by atoms with Gasteiger partial charge < -0.3 is 4.74 Å². The molecule has 15 heavy (non-hydrogen) atoms. The normalized spacial score (nSPS) is 11.7. The molecule has 0 aliphatic carbocycles. The molecule has 0 atom stereocenters. The summed E-state index contributed by atoms with van der Waals surface area (Å²) < 4.78 is 18.7. The lowest BCUT2D eigenvalue weighted by Crippen LogP contribution is -2.36. The second-order valence-corrected chi connectivity index (χ2v) is 3.99.